The fourth-order valence-electron chi connectivity index (χ4n) is 5.14. The van der Waals surface area contributed by atoms with Gasteiger partial charge in [0.05, 0.1) is 5.39 Å². The van der Waals surface area contributed by atoms with Crippen LogP contribution in [0.2, 0.25) is 0 Å². The summed E-state index contributed by atoms with van der Waals surface area (Å²) in [5, 5.41) is 0.0598. The van der Waals surface area contributed by atoms with Gasteiger partial charge in [-0.25, -0.2) is 13.2 Å². The molecule has 1 saturated carbocycles. The van der Waals surface area contributed by atoms with Gasteiger partial charge in [-0.1, -0.05) is 60.7 Å². The molecule has 0 radical (unpaired) electrons. The predicted molar refractivity (Wildman–Crippen MR) is 133 cm³/mol. The van der Waals surface area contributed by atoms with Crippen LogP contribution in [0, 0.1) is 23.4 Å². The lowest BCUT2D eigenvalue weighted by atomic mass is 9.77. The van der Waals surface area contributed by atoms with Gasteiger partial charge < -0.3 is 0 Å². The average Bonchev–Trinajstić information content (AvgIpc) is 2.83. The molecule has 1 aliphatic rings. The van der Waals surface area contributed by atoms with Crippen molar-refractivity contribution in [2.45, 2.75) is 58.3 Å². The van der Waals surface area contributed by atoms with Crippen LogP contribution < -0.4 is 0 Å². The van der Waals surface area contributed by atoms with E-state index in [0.717, 1.165) is 5.92 Å². The maximum absolute atomic E-state index is 15.3. The number of rotatable bonds is 6. The molecule has 4 rings (SSSR count). The highest BCUT2D eigenvalue weighted by Crippen LogP contribution is 2.39. The van der Waals surface area contributed by atoms with Gasteiger partial charge in [0.25, 0.3) is 0 Å². The molecule has 1 fully saturated rings. The Hall–Kier alpha value is -2.81. The summed E-state index contributed by atoms with van der Waals surface area (Å²) in [6, 6.07) is 12.7. The van der Waals surface area contributed by atoms with Gasteiger partial charge in [-0.2, -0.15) is 0 Å². The lowest BCUT2D eigenvalue weighted by Gasteiger charge is -2.28. The van der Waals surface area contributed by atoms with E-state index < -0.39 is 17.5 Å². The topological polar surface area (TPSA) is 0 Å². The minimum absolute atomic E-state index is 0.121. The van der Waals surface area contributed by atoms with Gasteiger partial charge in [0, 0.05) is 11.1 Å². The van der Waals surface area contributed by atoms with E-state index in [1.165, 1.54) is 56.2 Å². The number of hydrogen-bond acceptors (Lipinski definition) is 0. The first-order valence-electron chi connectivity index (χ1n) is 12.0. The summed E-state index contributed by atoms with van der Waals surface area (Å²) in [4.78, 5) is 0. The quantitative estimate of drug-likeness (QED) is 0.329. The zero-order valence-electron chi connectivity index (χ0n) is 19.4. The fourth-order valence-corrected chi connectivity index (χ4v) is 5.14. The van der Waals surface area contributed by atoms with E-state index in [1.54, 1.807) is 25.1 Å². The molecule has 3 aromatic rings. The van der Waals surface area contributed by atoms with Gasteiger partial charge in [-0.05, 0) is 86.8 Å². The van der Waals surface area contributed by atoms with E-state index >= 15 is 4.39 Å². The van der Waals surface area contributed by atoms with E-state index in [2.05, 4.69) is 31.2 Å². The SMILES string of the molecule is C/C=C/CCC1CCC(c2ccc(-c3ccc4cc(/C=C/C)c(F)c(F)c4c3F)cc2)CC1. The zero-order chi connectivity index (χ0) is 23.4. The highest BCUT2D eigenvalue weighted by molar-refractivity contribution is 5.90. The van der Waals surface area contributed by atoms with Gasteiger partial charge in [0.15, 0.2) is 11.6 Å². The van der Waals surface area contributed by atoms with E-state index in [1.807, 2.05) is 12.1 Å². The minimum atomic E-state index is -1.14. The standard InChI is InChI=1S/C30H31F3/c1-3-5-6-8-20-9-11-21(12-10-20)22-13-15-23(16-14-22)26-18-17-24-19-25(7-4-2)28(31)30(33)27(24)29(26)32/h3-5,7,13-21H,6,8-12H2,1-2H3/b5-3+,7-4+. The number of hydrogen-bond donors (Lipinski definition) is 0. The van der Waals surface area contributed by atoms with E-state index in [0.29, 0.717) is 22.4 Å². The van der Waals surface area contributed by atoms with Crippen molar-refractivity contribution < 1.29 is 13.2 Å². The second kappa shape index (κ2) is 10.4. The highest BCUT2D eigenvalue weighted by atomic mass is 19.2. The first-order chi connectivity index (χ1) is 16.0. The summed E-state index contributed by atoms with van der Waals surface area (Å²) in [5.74, 6) is -1.52. The third kappa shape index (κ3) is 4.93. The second-order valence-electron chi connectivity index (χ2n) is 9.11. The maximum Gasteiger partial charge on any atom is 0.170 e. The van der Waals surface area contributed by atoms with Crippen molar-refractivity contribution in [3.63, 3.8) is 0 Å². The fraction of sp³-hybridized carbons (Fsp3) is 0.333. The van der Waals surface area contributed by atoms with Crippen LogP contribution in [0.5, 0.6) is 0 Å². The molecule has 0 saturated heterocycles. The average molecular weight is 449 g/mol. The van der Waals surface area contributed by atoms with Crippen molar-refractivity contribution in [3.8, 4) is 11.1 Å². The summed E-state index contributed by atoms with van der Waals surface area (Å²) in [6.45, 7) is 3.80. The largest absolute Gasteiger partial charge is 0.206 e. The van der Waals surface area contributed by atoms with Crippen LogP contribution in [0.1, 0.15) is 69.4 Å². The third-order valence-corrected chi connectivity index (χ3v) is 7.01. The molecule has 0 bridgehead atoms. The van der Waals surface area contributed by atoms with E-state index in [9.17, 15) is 8.78 Å². The molecule has 0 N–H and O–H groups in total. The number of halogens is 3. The Labute approximate surface area is 194 Å². The summed E-state index contributed by atoms with van der Waals surface area (Å²) in [5.41, 5.74) is 2.37. The molecule has 0 spiro atoms. The first kappa shape index (κ1) is 23.4. The molecule has 0 aromatic heterocycles. The Morgan fingerprint density at radius 3 is 2.21 bits per heavy atom. The molecule has 3 heteroatoms. The lowest BCUT2D eigenvalue weighted by molar-refractivity contribution is 0.312. The van der Waals surface area contributed by atoms with E-state index in [-0.39, 0.29) is 10.9 Å². The zero-order valence-corrected chi connectivity index (χ0v) is 19.4. The summed E-state index contributed by atoms with van der Waals surface area (Å²) in [6.07, 6.45) is 14.8. The summed E-state index contributed by atoms with van der Waals surface area (Å²) >= 11 is 0. The molecule has 0 unspecified atom stereocenters. The van der Waals surface area contributed by atoms with Crippen LogP contribution in [0.3, 0.4) is 0 Å². The smallest absolute Gasteiger partial charge is 0.170 e. The minimum Gasteiger partial charge on any atom is -0.206 e. The van der Waals surface area contributed by atoms with Crippen LogP contribution in [-0.2, 0) is 0 Å². The van der Waals surface area contributed by atoms with E-state index in [4.69, 9.17) is 0 Å². The van der Waals surface area contributed by atoms with Crippen molar-refractivity contribution in [2.24, 2.45) is 5.92 Å². The first-order valence-corrected chi connectivity index (χ1v) is 12.0. The van der Waals surface area contributed by atoms with Gasteiger partial charge in [-0.3, -0.25) is 0 Å². The molecule has 0 heterocycles. The van der Waals surface area contributed by atoms with Gasteiger partial charge >= 0.3 is 0 Å². The molecule has 0 aliphatic heterocycles. The molecule has 1 aliphatic carbocycles. The third-order valence-electron chi connectivity index (χ3n) is 7.01. The molecule has 33 heavy (non-hydrogen) atoms. The van der Waals surface area contributed by atoms with Crippen molar-refractivity contribution in [3.05, 3.63) is 89.3 Å². The Balaban J connectivity index is 1.54. The molecule has 172 valence electrons. The van der Waals surface area contributed by atoms with Crippen molar-refractivity contribution in [1.29, 1.82) is 0 Å². The Morgan fingerprint density at radius 1 is 0.818 bits per heavy atom. The van der Waals surface area contributed by atoms with Crippen LogP contribution in [-0.4, -0.2) is 0 Å². The highest BCUT2D eigenvalue weighted by Gasteiger charge is 2.22. The van der Waals surface area contributed by atoms with Crippen molar-refractivity contribution in [2.75, 3.05) is 0 Å². The molecule has 0 atom stereocenters. The lowest BCUT2D eigenvalue weighted by Crippen LogP contribution is -2.13. The molecular weight excluding hydrogens is 417 g/mol. The number of benzene rings is 3. The second-order valence-corrected chi connectivity index (χ2v) is 9.11. The van der Waals surface area contributed by atoms with Crippen LogP contribution >= 0.6 is 0 Å². The maximum atomic E-state index is 15.3. The van der Waals surface area contributed by atoms with Crippen LogP contribution in [0.4, 0.5) is 13.2 Å². The Kier molecular flexibility index (Phi) is 7.37. The molecule has 0 nitrogen and oxygen atoms in total. The Morgan fingerprint density at radius 2 is 1.55 bits per heavy atom. The Bertz CT molecular complexity index is 1160. The molecule has 0 amide bonds. The van der Waals surface area contributed by atoms with Gasteiger partial charge in [0.2, 0.25) is 0 Å². The van der Waals surface area contributed by atoms with Crippen LogP contribution in [0.15, 0.2) is 60.7 Å². The number of allylic oxidation sites excluding steroid dienone is 3. The number of fused-ring (bicyclic) bond motifs is 1. The normalized spacial score (nSPS) is 19.2. The summed E-state index contributed by atoms with van der Waals surface area (Å²) < 4.78 is 44.4. The monoisotopic (exact) mass is 448 g/mol. The molecule has 3 aromatic carbocycles. The predicted octanol–water partition coefficient (Wildman–Crippen LogP) is 9.59. The van der Waals surface area contributed by atoms with Crippen molar-refractivity contribution in [1.82, 2.24) is 0 Å². The van der Waals surface area contributed by atoms with Gasteiger partial charge in [-0.15, -0.1) is 0 Å². The molecular formula is C30H31F3. The van der Waals surface area contributed by atoms with Crippen molar-refractivity contribution >= 4 is 16.8 Å². The van der Waals surface area contributed by atoms with Gasteiger partial charge in [0.1, 0.15) is 5.82 Å². The summed E-state index contributed by atoms with van der Waals surface area (Å²) in [7, 11) is 0. The van der Waals surface area contributed by atoms with Crippen LogP contribution in [0.25, 0.3) is 28.0 Å².